The van der Waals surface area contributed by atoms with E-state index in [0.717, 1.165) is 45.6 Å². The summed E-state index contributed by atoms with van der Waals surface area (Å²) < 4.78 is 5.43. The zero-order valence-corrected chi connectivity index (χ0v) is 15.6. The molecule has 0 atom stereocenters. The lowest BCUT2D eigenvalue weighted by Gasteiger charge is -2.33. The first-order valence-corrected chi connectivity index (χ1v) is 9.38. The lowest BCUT2D eigenvalue weighted by Crippen LogP contribution is -2.42. The van der Waals surface area contributed by atoms with Crippen LogP contribution in [0.2, 0.25) is 0 Å². The maximum Gasteiger partial charge on any atom is 0.410 e. The number of hydrogen-bond donors (Lipinski definition) is 1. The molecule has 2 rings (SSSR count). The van der Waals surface area contributed by atoms with E-state index < -0.39 is 5.60 Å². The van der Waals surface area contributed by atoms with Gasteiger partial charge in [0.15, 0.2) is 5.96 Å². The third-order valence-corrected chi connectivity index (χ3v) is 4.71. The molecule has 6 heteroatoms. The highest BCUT2D eigenvalue weighted by molar-refractivity contribution is 5.78. The molecule has 2 aliphatic heterocycles. The summed E-state index contributed by atoms with van der Waals surface area (Å²) in [5.74, 6) is 1.21. The number of amides is 1. The maximum atomic E-state index is 12.1. The summed E-state index contributed by atoms with van der Waals surface area (Å²) in [7, 11) is 0. The SMILES string of the molecule is CC(C)(C)OC(=O)N1CCC(CN=C(N)N2CCCCCC2)CC1. The van der Waals surface area contributed by atoms with Crippen molar-refractivity contribution in [1.82, 2.24) is 9.80 Å². The van der Waals surface area contributed by atoms with E-state index in [1.807, 2.05) is 25.7 Å². The van der Waals surface area contributed by atoms with Crippen molar-refractivity contribution in [2.24, 2.45) is 16.6 Å². The second kappa shape index (κ2) is 8.58. The van der Waals surface area contributed by atoms with Crippen molar-refractivity contribution in [1.29, 1.82) is 0 Å². The number of piperidine rings is 1. The van der Waals surface area contributed by atoms with Gasteiger partial charge in [-0.3, -0.25) is 4.99 Å². The molecule has 2 N–H and O–H groups in total. The first-order valence-electron chi connectivity index (χ1n) is 9.38. The van der Waals surface area contributed by atoms with Crippen molar-refractivity contribution in [2.45, 2.75) is 64.9 Å². The highest BCUT2D eigenvalue weighted by Crippen LogP contribution is 2.20. The molecule has 1 amide bonds. The van der Waals surface area contributed by atoms with E-state index >= 15 is 0 Å². The Morgan fingerprint density at radius 2 is 1.62 bits per heavy atom. The minimum Gasteiger partial charge on any atom is -0.444 e. The molecule has 0 radical (unpaired) electrons. The van der Waals surface area contributed by atoms with Gasteiger partial charge in [0, 0.05) is 32.7 Å². The average Bonchev–Trinajstić information content (AvgIpc) is 2.80. The van der Waals surface area contributed by atoms with Crippen molar-refractivity contribution < 1.29 is 9.53 Å². The van der Waals surface area contributed by atoms with E-state index in [-0.39, 0.29) is 6.09 Å². The fourth-order valence-corrected chi connectivity index (χ4v) is 3.25. The predicted molar refractivity (Wildman–Crippen MR) is 97.1 cm³/mol. The van der Waals surface area contributed by atoms with Crippen molar-refractivity contribution in [2.75, 3.05) is 32.7 Å². The highest BCUT2D eigenvalue weighted by Gasteiger charge is 2.26. The second-order valence-electron chi connectivity index (χ2n) is 8.01. The third kappa shape index (κ3) is 6.21. The van der Waals surface area contributed by atoms with Crippen LogP contribution in [-0.4, -0.2) is 60.2 Å². The van der Waals surface area contributed by atoms with Crippen LogP contribution in [0.1, 0.15) is 59.3 Å². The Morgan fingerprint density at radius 3 is 2.17 bits per heavy atom. The smallest absolute Gasteiger partial charge is 0.410 e. The van der Waals surface area contributed by atoms with Crippen LogP contribution in [0, 0.1) is 5.92 Å². The summed E-state index contributed by atoms with van der Waals surface area (Å²) in [4.78, 5) is 20.7. The average molecular weight is 338 g/mol. The van der Waals surface area contributed by atoms with Crippen LogP contribution in [0.5, 0.6) is 0 Å². The Kier molecular flexibility index (Phi) is 6.75. The third-order valence-electron chi connectivity index (χ3n) is 4.71. The minimum atomic E-state index is -0.431. The Bertz CT molecular complexity index is 429. The van der Waals surface area contributed by atoms with Crippen LogP contribution in [0.3, 0.4) is 0 Å². The molecule has 138 valence electrons. The number of nitrogens with two attached hydrogens (primary N) is 1. The monoisotopic (exact) mass is 338 g/mol. The van der Waals surface area contributed by atoms with Crippen LogP contribution < -0.4 is 5.73 Å². The molecule has 0 saturated carbocycles. The molecular formula is C18H34N4O2. The van der Waals surface area contributed by atoms with Gasteiger partial charge in [0.2, 0.25) is 0 Å². The number of nitrogens with zero attached hydrogens (tertiary/aromatic N) is 3. The summed E-state index contributed by atoms with van der Waals surface area (Å²) in [5, 5.41) is 0. The molecule has 0 aromatic carbocycles. The molecule has 24 heavy (non-hydrogen) atoms. The molecule has 2 fully saturated rings. The molecular weight excluding hydrogens is 304 g/mol. The molecule has 0 bridgehead atoms. The quantitative estimate of drug-likeness (QED) is 0.621. The Balaban J connectivity index is 1.74. The molecule has 0 aliphatic carbocycles. The number of hydrogen-bond acceptors (Lipinski definition) is 3. The lowest BCUT2D eigenvalue weighted by atomic mass is 9.97. The molecule has 2 aliphatic rings. The largest absolute Gasteiger partial charge is 0.444 e. The first kappa shape index (κ1) is 18.9. The first-order chi connectivity index (χ1) is 11.3. The van der Waals surface area contributed by atoms with Gasteiger partial charge in [0.05, 0.1) is 0 Å². The van der Waals surface area contributed by atoms with Crippen molar-refractivity contribution >= 4 is 12.1 Å². The number of aliphatic imine (C=N–C) groups is 1. The Morgan fingerprint density at radius 1 is 1.04 bits per heavy atom. The number of carbonyl (C=O) groups is 1. The van der Waals surface area contributed by atoms with E-state index in [1.54, 1.807) is 0 Å². The van der Waals surface area contributed by atoms with Gasteiger partial charge < -0.3 is 20.3 Å². The van der Waals surface area contributed by atoms with Crippen molar-refractivity contribution in [3.63, 3.8) is 0 Å². The fourth-order valence-electron chi connectivity index (χ4n) is 3.25. The highest BCUT2D eigenvalue weighted by atomic mass is 16.6. The van der Waals surface area contributed by atoms with Gasteiger partial charge in [-0.15, -0.1) is 0 Å². The lowest BCUT2D eigenvalue weighted by molar-refractivity contribution is 0.0187. The molecule has 6 nitrogen and oxygen atoms in total. The van der Waals surface area contributed by atoms with E-state index in [1.165, 1.54) is 25.7 Å². The molecule has 2 saturated heterocycles. The predicted octanol–water partition coefficient (Wildman–Crippen LogP) is 2.82. The zero-order chi connectivity index (χ0) is 17.6. The van der Waals surface area contributed by atoms with E-state index in [2.05, 4.69) is 9.89 Å². The standard InChI is InChI=1S/C18H34N4O2/c1-18(2,3)24-17(23)22-12-8-15(9-13-22)14-20-16(19)21-10-6-4-5-7-11-21/h15H,4-14H2,1-3H3,(H2,19,20). The summed E-state index contributed by atoms with van der Waals surface area (Å²) >= 11 is 0. The summed E-state index contributed by atoms with van der Waals surface area (Å²) in [6, 6.07) is 0. The van der Waals surface area contributed by atoms with Gasteiger partial charge in [0.1, 0.15) is 5.60 Å². The minimum absolute atomic E-state index is 0.200. The van der Waals surface area contributed by atoms with E-state index in [9.17, 15) is 4.79 Å². The normalized spacial score (nSPS) is 21.5. The molecule has 0 spiro atoms. The fraction of sp³-hybridized carbons (Fsp3) is 0.889. The molecule has 0 aromatic heterocycles. The van der Waals surface area contributed by atoms with Gasteiger partial charge in [-0.25, -0.2) is 4.79 Å². The van der Waals surface area contributed by atoms with E-state index in [0.29, 0.717) is 11.9 Å². The zero-order valence-electron chi connectivity index (χ0n) is 15.6. The molecule has 2 heterocycles. The van der Waals surface area contributed by atoms with Crippen molar-refractivity contribution in [3.8, 4) is 0 Å². The Hall–Kier alpha value is -1.46. The number of ether oxygens (including phenoxy) is 1. The second-order valence-corrected chi connectivity index (χ2v) is 8.01. The number of likely N-dealkylation sites (tertiary alicyclic amines) is 2. The van der Waals surface area contributed by atoms with Gasteiger partial charge in [0.25, 0.3) is 0 Å². The maximum absolute atomic E-state index is 12.1. The molecule has 0 aromatic rings. The number of carbonyl (C=O) groups excluding carboxylic acids is 1. The Labute approximate surface area is 146 Å². The summed E-state index contributed by atoms with van der Waals surface area (Å²) in [6.07, 6.45) is 6.76. The van der Waals surface area contributed by atoms with Gasteiger partial charge in [-0.2, -0.15) is 0 Å². The van der Waals surface area contributed by atoms with Gasteiger partial charge in [-0.05, 0) is 52.4 Å². The van der Waals surface area contributed by atoms with Crippen LogP contribution in [0.4, 0.5) is 4.79 Å². The van der Waals surface area contributed by atoms with Crippen molar-refractivity contribution in [3.05, 3.63) is 0 Å². The van der Waals surface area contributed by atoms with E-state index in [4.69, 9.17) is 10.5 Å². The van der Waals surface area contributed by atoms with Gasteiger partial charge >= 0.3 is 6.09 Å². The van der Waals surface area contributed by atoms with Crippen LogP contribution in [-0.2, 0) is 4.74 Å². The van der Waals surface area contributed by atoms with Crippen LogP contribution >= 0.6 is 0 Å². The summed E-state index contributed by atoms with van der Waals surface area (Å²) in [5.41, 5.74) is 5.74. The number of rotatable bonds is 2. The van der Waals surface area contributed by atoms with Crippen LogP contribution in [0.25, 0.3) is 0 Å². The number of guanidine groups is 1. The summed E-state index contributed by atoms with van der Waals surface area (Å²) in [6.45, 7) is 10.0. The molecule has 0 unspecified atom stereocenters. The van der Waals surface area contributed by atoms with Crippen LogP contribution in [0.15, 0.2) is 4.99 Å². The topological polar surface area (TPSA) is 71.2 Å². The van der Waals surface area contributed by atoms with Gasteiger partial charge in [-0.1, -0.05) is 12.8 Å².